The molecule has 1 heterocycles. The summed E-state index contributed by atoms with van der Waals surface area (Å²) in [6.45, 7) is -0.202. The minimum Gasteiger partial charge on any atom is -0.291 e. The number of hydrogen-bond donors (Lipinski definition) is 2. The quantitative estimate of drug-likeness (QED) is 0.301. The molecule has 0 aromatic carbocycles. The van der Waals surface area contributed by atoms with Crippen molar-refractivity contribution >= 4 is 12.1 Å². The summed E-state index contributed by atoms with van der Waals surface area (Å²) in [6, 6.07) is 0. The van der Waals surface area contributed by atoms with Crippen molar-refractivity contribution < 1.29 is 9.18 Å². The molecule has 3 N–H and O–H groups in total. The first-order valence-corrected chi connectivity index (χ1v) is 3.07. The average Bonchev–Trinajstić information content (AvgIpc) is 2.04. The van der Waals surface area contributed by atoms with Crippen LogP contribution in [0.1, 0.15) is 0 Å². The smallest absolute Gasteiger partial charge is 0.277 e. The summed E-state index contributed by atoms with van der Waals surface area (Å²) in [5.41, 5.74) is -0.330. The van der Waals surface area contributed by atoms with Gasteiger partial charge in [0.2, 0.25) is 5.67 Å². The number of nitrogens with one attached hydrogen (secondary N) is 1. The van der Waals surface area contributed by atoms with Gasteiger partial charge in [-0.25, -0.2) is 10.2 Å². The van der Waals surface area contributed by atoms with Gasteiger partial charge in [0, 0.05) is 6.21 Å². The van der Waals surface area contributed by atoms with Crippen LogP contribution in [0.2, 0.25) is 0 Å². The second-order valence-electron chi connectivity index (χ2n) is 2.18. The molecular formula is C6H8FN3O. The van der Waals surface area contributed by atoms with E-state index < -0.39 is 11.6 Å². The van der Waals surface area contributed by atoms with Crippen molar-refractivity contribution in [3.8, 4) is 0 Å². The number of amides is 1. The Morgan fingerprint density at radius 1 is 1.82 bits per heavy atom. The first kappa shape index (κ1) is 7.87. The highest BCUT2D eigenvalue weighted by Crippen LogP contribution is 2.15. The fourth-order valence-electron chi connectivity index (χ4n) is 0.762. The second kappa shape index (κ2) is 2.79. The number of carbonyl (C=O) groups is 1. The molecular weight excluding hydrogens is 149 g/mol. The number of carbonyl (C=O) groups excluding carboxylic acids is 1. The lowest BCUT2D eigenvalue weighted by Crippen LogP contribution is -2.47. The third kappa shape index (κ3) is 1.43. The van der Waals surface area contributed by atoms with Gasteiger partial charge in [0.25, 0.3) is 5.91 Å². The summed E-state index contributed by atoms with van der Waals surface area (Å²) in [5, 5.41) is 0. The molecule has 4 nitrogen and oxygen atoms in total. The number of nitrogens with two attached hydrogens (primary N) is 1. The molecule has 60 valence electrons. The Hall–Kier alpha value is -1.23. The zero-order chi connectivity index (χ0) is 8.32. The maximum atomic E-state index is 13.3. The van der Waals surface area contributed by atoms with Crippen molar-refractivity contribution in [2.24, 2.45) is 10.8 Å². The number of nitrogens with zero attached hydrogens (tertiary/aromatic N) is 1. The van der Waals surface area contributed by atoms with Crippen LogP contribution in [0.25, 0.3) is 0 Å². The number of rotatable bonds is 1. The summed E-state index contributed by atoms with van der Waals surface area (Å²) < 4.78 is 13.3. The van der Waals surface area contributed by atoms with E-state index in [1.807, 2.05) is 0 Å². The van der Waals surface area contributed by atoms with Crippen molar-refractivity contribution in [1.82, 2.24) is 5.43 Å². The van der Waals surface area contributed by atoms with Gasteiger partial charge in [-0.3, -0.25) is 15.2 Å². The predicted molar refractivity (Wildman–Crippen MR) is 38.7 cm³/mol. The van der Waals surface area contributed by atoms with E-state index in [-0.39, 0.29) is 6.54 Å². The number of halogens is 1. The summed E-state index contributed by atoms with van der Waals surface area (Å²) in [6.07, 6.45) is 3.93. The van der Waals surface area contributed by atoms with Crippen LogP contribution in [0.5, 0.6) is 0 Å². The molecule has 1 aliphatic heterocycles. The first-order valence-electron chi connectivity index (χ1n) is 3.07. The van der Waals surface area contributed by atoms with E-state index in [0.29, 0.717) is 0 Å². The third-order valence-corrected chi connectivity index (χ3v) is 1.38. The number of aliphatic imine (C=N–C) groups is 1. The minimum absolute atomic E-state index is 0.202. The SMILES string of the molecule is NNC(=O)C1(F)C=CC=NC1. The van der Waals surface area contributed by atoms with Crippen LogP contribution in [0.15, 0.2) is 17.1 Å². The molecule has 1 amide bonds. The van der Waals surface area contributed by atoms with Gasteiger partial charge in [-0.2, -0.15) is 0 Å². The van der Waals surface area contributed by atoms with Crippen LogP contribution >= 0.6 is 0 Å². The first-order chi connectivity index (χ1) is 5.19. The molecule has 0 saturated heterocycles. The van der Waals surface area contributed by atoms with E-state index in [9.17, 15) is 9.18 Å². The molecule has 11 heavy (non-hydrogen) atoms. The summed E-state index contributed by atoms with van der Waals surface area (Å²) in [4.78, 5) is 14.3. The van der Waals surface area contributed by atoms with E-state index in [1.54, 1.807) is 5.43 Å². The van der Waals surface area contributed by atoms with Crippen LogP contribution in [0.4, 0.5) is 4.39 Å². The fraction of sp³-hybridized carbons (Fsp3) is 0.333. The maximum Gasteiger partial charge on any atom is 0.277 e. The summed E-state index contributed by atoms with van der Waals surface area (Å²) >= 11 is 0. The molecule has 1 aliphatic rings. The number of alkyl halides is 1. The van der Waals surface area contributed by atoms with Gasteiger partial charge >= 0.3 is 0 Å². The number of dihydropyridines is 1. The van der Waals surface area contributed by atoms with Crippen LogP contribution in [-0.2, 0) is 4.79 Å². The maximum absolute atomic E-state index is 13.3. The standard InChI is InChI=1S/C6H8FN3O/c7-6(5(11)10-8)2-1-3-9-4-6/h1-3H,4,8H2,(H,10,11). The molecule has 0 bridgehead atoms. The molecule has 0 radical (unpaired) electrons. The average molecular weight is 157 g/mol. The lowest BCUT2D eigenvalue weighted by atomic mass is 10.0. The predicted octanol–water partition coefficient (Wildman–Crippen LogP) is -0.675. The molecule has 1 atom stereocenters. The third-order valence-electron chi connectivity index (χ3n) is 1.38. The Morgan fingerprint density at radius 3 is 3.00 bits per heavy atom. The van der Waals surface area contributed by atoms with E-state index in [0.717, 1.165) is 6.08 Å². The number of hydrazine groups is 1. The topological polar surface area (TPSA) is 67.5 Å². The van der Waals surface area contributed by atoms with Gasteiger partial charge in [0.1, 0.15) is 0 Å². The highest BCUT2D eigenvalue weighted by atomic mass is 19.1. The molecule has 0 spiro atoms. The van der Waals surface area contributed by atoms with Gasteiger partial charge in [-0.1, -0.05) is 0 Å². The van der Waals surface area contributed by atoms with Crippen LogP contribution in [0.3, 0.4) is 0 Å². The van der Waals surface area contributed by atoms with Crippen LogP contribution in [-0.4, -0.2) is 24.3 Å². The number of hydrogen-bond acceptors (Lipinski definition) is 3. The van der Waals surface area contributed by atoms with Gasteiger partial charge in [-0.15, -0.1) is 0 Å². The van der Waals surface area contributed by atoms with Crippen molar-refractivity contribution in [2.45, 2.75) is 5.67 Å². The van der Waals surface area contributed by atoms with Gasteiger partial charge in [0.05, 0.1) is 6.54 Å². The summed E-state index contributed by atoms with van der Waals surface area (Å²) in [7, 11) is 0. The largest absolute Gasteiger partial charge is 0.291 e. The molecule has 0 aromatic heterocycles. The highest BCUT2D eigenvalue weighted by Gasteiger charge is 2.35. The zero-order valence-electron chi connectivity index (χ0n) is 5.75. The molecule has 1 rings (SSSR count). The van der Waals surface area contributed by atoms with Gasteiger partial charge in [0.15, 0.2) is 0 Å². The lowest BCUT2D eigenvalue weighted by Gasteiger charge is -2.18. The fourth-order valence-corrected chi connectivity index (χ4v) is 0.762. The zero-order valence-corrected chi connectivity index (χ0v) is 5.75. The highest BCUT2D eigenvalue weighted by molar-refractivity contribution is 5.89. The number of allylic oxidation sites excluding steroid dienone is 1. The normalized spacial score (nSPS) is 28.5. The Kier molecular flexibility index (Phi) is 2.00. The lowest BCUT2D eigenvalue weighted by molar-refractivity contribution is -0.129. The van der Waals surface area contributed by atoms with Crippen molar-refractivity contribution in [2.75, 3.05) is 6.54 Å². The van der Waals surface area contributed by atoms with Crippen LogP contribution in [0, 0.1) is 0 Å². The van der Waals surface area contributed by atoms with E-state index in [2.05, 4.69) is 4.99 Å². The molecule has 1 unspecified atom stereocenters. The molecule has 5 heteroatoms. The molecule has 0 saturated carbocycles. The van der Waals surface area contributed by atoms with E-state index in [4.69, 9.17) is 5.84 Å². The minimum atomic E-state index is -2.07. The Labute approximate surface area is 63.0 Å². The molecule has 0 fully saturated rings. The van der Waals surface area contributed by atoms with E-state index >= 15 is 0 Å². The van der Waals surface area contributed by atoms with Crippen LogP contribution < -0.4 is 11.3 Å². The Bertz CT molecular complexity index is 226. The van der Waals surface area contributed by atoms with Crippen molar-refractivity contribution in [3.63, 3.8) is 0 Å². The van der Waals surface area contributed by atoms with Crippen molar-refractivity contribution in [1.29, 1.82) is 0 Å². The van der Waals surface area contributed by atoms with Crippen molar-refractivity contribution in [3.05, 3.63) is 12.2 Å². The Morgan fingerprint density at radius 2 is 2.55 bits per heavy atom. The molecule has 0 aromatic rings. The summed E-state index contributed by atoms with van der Waals surface area (Å²) in [5.74, 6) is 3.89. The van der Waals surface area contributed by atoms with Gasteiger partial charge < -0.3 is 0 Å². The van der Waals surface area contributed by atoms with Gasteiger partial charge in [-0.05, 0) is 12.2 Å². The monoisotopic (exact) mass is 157 g/mol. The Balaban J connectivity index is 2.75. The second-order valence-corrected chi connectivity index (χ2v) is 2.18. The van der Waals surface area contributed by atoms with E-state index in [1.165, 1.54) is 12.3 Å². The molecule has 0 aliphatic carbocycles.